The number of thioether (sulfide) groups is 1. The fourth-order valence-electron chi connectivity index (χ4n) is 13.2. The van der Waals surface area contributed by atoms with E-state index in [2.05, 4.69) is 275 Å². The highest BCUT2D eigenvalue weighted by Crippen LogP contribution is 2.54. The Morgan fingerprint density at radius 1 is 0.447 bits per heavy atom. The number of dihydropyridines is 1. The smallest absolute Gasteiger partial charge is 0.238 e. The Kier molecular flexibility index (Phi) is 11.9. The Labute approximate surface area is 501 Å². The number of fused-ring (bicyclic) bond motifs is 9. The molecule has 2 aliphatic carbocycles. The molecule has 17 rings (SSSR count). The lowest BCUT2D eigenvalue weighted by Gasteiger charge is -2.38. The first-order chi connectivity index (χ1) is 42.0. The van der Waals surface area contributed by atoms with Gasteiger partial charge in [-0.05, 0) is 138 Å². The number of benzene rings is 8. The summed E-state index contributed by atoms with van der Waals surface area (Å²) in [7, 11) is 0. The summed E-state index contributed by atoms with van der Waals surface area (Å²) < 4.78 is 4.76. The van der Waals surface area contributed by atoms with Crippen LogP contribution < -0.4 is 9.80 Å². The highest BCUT2D eigenvalue weighted by molar-refractivity contribution is 8.06. The standard InChI is InChI=1S/C75H54N8S2/c1-47-35-40-65-69(43-47)85-68-33-16-13-30-64(68)81(65)72-46-71(80-62-28-11-14-31-66(62)84-67-32-15-12-29-63(67)80)78-75(79-72)83-61-42-37-52(49-21-7-3-8-22-49)45-56(61)54-39-38-53-55-44-51(48-19-5-2-6-20-48)36-41-60(55)82(73(53)74(54)83)70-34-18-27-59(77-70)58-26-17-25-57(76-58)50-23-9-4-10-24-50/h2-15,17-25,27-32,34-42,44-47,58H,16,26,33,43H2,1H3. The first kappa shape index (κ1) is 49.8. The van der Waals surface area contributed by atoms with E-state index in [1.807, 2.05) is 11.8 Å². The van der Waals surface area contributed by atoms with Crippen molar-refractivity contribution in [2.45, 2.75) is 48.4 Å². The van der Waals surface area contributed by atoms with Crippen molar-refractivity contribution >= 4 is 95.9 Å². The summed E-state index contributed by atoms with van der Waals surface area (Å²) in [6.45, 7) is 2.32. The van der Waals surface area contributed by atoms with Crippen LogP contribution in [0.5, 0.6) is 0 Å². The van der Waals surface area contributed by atoms with E-state index < -0.39 is 0 Å². The van der Waals surface area contributed by atoms with Crippen molar-refractivity contribution in [1.82, 2.24) is 24.1 Å². The molecule has 12 aromatic rings. The van der Waals surface area contributed by atoms with Gasteiger partial charge >= 0.3 is 0 Å². The number of aromatic nitrogens is 5. The van der Waals surface area contributed by atoms with E-state index in [0.29, 0.717) is 11.9 Å². The molecule has 0 saturated carbocycles. The average molecular weight is 1130 g/mol. The highest BCUT2D eigenvalue weighted by Gasteiger charge is 2.35. The molecule has 0 saturated heterocycles. The normalized spacial score (nSPS) is 17.2. The topological polar surface area (TPSA) is 67.4 Å². The fraction of sp³-hybridized carbons (Fsp3) is 0.0933. The van der Waals surface area contributed by atoms with Crippen LogP contribution >= 0.6 is 23.5 Å². The zero-order valence-corrected chi connectivity index (χ0v) is 48.2. The summed E-state index contributed by atoms with van der Waals surface area (Å²) in [6.07, 6.45) is 17.4. The number of aliphatic imine (C=N–C) groups is 1. The second-order valence-electron chi connectivity index (χ2n) is 22.5. The number of allylic oxidation sites excluding steroid dienone is 7. The van der Waals surface area contributed by atoms with Gasteiger partial charge in [0, 0.05) is 47.2 Å². The van der Waals surface area contributed by atoms with Crippen molar-refractivity contribution < 1.29 is 0 Å². The fourth-order valence-corrected chi connectivity index (χ4v) is 15.7. The molecule has 7 heterocycles. The molecule has 0 spiro atoms. The first-order valence-electron chi connectivity index (χ1n) is 29.3. The van der Waals surface area contributed by atoms with Crippen LogP contribution in [0.3, 0.4) is 0 Å². The van der Waals surface area contributed by atoms with Crippen LogP contribution in [-0.2, 0) is 0 Å². The second-order valence-corrected chi connectivity index (χ2v) is 24.7. The lowest BCUT2D eigenvalue weighted by Crippen LogP contribution is -2.29. The number of pyridine rings is 1. The van der Waals surface area contributed by atoms with Crippen molar-refractivity contribution in [3.05, 3.63) is 281 Å². The molecule has 0 fully saturated rings. The van der Waals surface area contributed by atoms with Crippen molar-refractivity contribution in [3.8, 4) is 34.0 Å². The molecule has 8 nitrogen and oxygen atoms in total. The van der Waals surface area contributed by atoms with Crippen LogP contribution in [0.25, 0.3) is 77.6 Å². The molecular formula is C75H54N8S2. The number of hydrogen-bond acceptors (Lipinski definition) is 8. The largest absolute Gasteiger partial charge is 0.293 e. The van der Waals surface area contributed by atoms with E-state index in [0.717, 1.165) is 137 Å². The minimum atomic E-state index is -0.167. The SMILES string of the molecule is CC1C=CC2=C(C1)SC1=C(C=CCC1)N2c1cc(N2c3ccccc3Sc3ccccc32)nc(-n2c3ccc(-c4ccccc4)cc3c3ccc4c5cc(-c6ccccc6)ccc5n(-c5cccc(C6CC=CC(c7ccccc7)=N6)n5)c4c32)n1. The van der Waals surface area contributed by atoms with Gasteiger partial charge in [-0.25, -0.2) is 4.98 Å². The third-order valence-electron chi connectivity index (χ3n) is 17.2. The van der Waals surface area contributed by atoms with Crippen molar-refractivity contribution in [2.24, 2.45) is 10.9 Å². The predicted octanol–water partition coefficient (Wildman–Crippen LogP) is 19.7. The minimum Gasteiger partial charge on any atom is -0.293 e. The van der Waals surface area contributed by atoms with Crippen LogP contribution in [0.4, 0.5) is 23.0 Å². The molecular weight excluding hydrogens is 1080 g/mol. The number of hydrogen-bond donors (Lipinski definition) is 0. The van der Waals surface area contributed by atoms with Crippen LogP contribution in [0, 0.1) is 5.92 Å². The van der Waals surface area contributed by atoms with Crippen LogP contribution in [0.1, 0.15) is 49.9 Å². The minimum absolute atomic E-state index is 0.167. The van der Waals surface area contributed by atoms with E-state index in [1.165, 1.54) is 31.0 Å². The Bertz CT molecular complexity index is 4890. The summed E-state index contributed by atoms with van der Waals surface area (Å²) in [6, 6.07) is 76.3. The van der Waals surface area contributed by atoms with Gasteiger partial charge in [-0.2, -0.15) is 9.97 Å². The van der Waals surface area contributed by atoms with Crippen molar-refractivity contribution in [2.75, 3.05) is 9.80 Å². The maximum atomic E-state index is 5.97. The number of anilines is 4. The monoisotopic (exact) mass is 1130 g/mol. The molecule has 3 aliphatic heterocycles. The third kappa shape index (κ3) is 8.37. The Morgan fingerprint density at radius 2 is 1.05 bits per heavy atom. The Balaban J connectivity index is 0.988. The molecule has 0 amide bonds. The van der Waals surface area contributed by atoms with Gasteiger partial charge < -0.3 is 0 Å². The zero-order chi connectivity index (χ0) is 56.1. The zero-order valence-electron chi connectivity index (χ0n) is 46.5. The lowest BCUT2D eigenvalue weighted by molar-refractivity contribution is 0.707. The van der Waals surface area contributed by atoms with Crippen molar-refractivity contribution in [1.29, 1.82) is 0 Å². The summed E-state index contributed by atoms with van der Waals surface area (Å²) >= 11 is 3.77. The molecule has 5 aliphatic rings. The van der Waals surface area contributed by atoms with Crippen LogP contribution in [0.2, 0.25) is 0 Å². The molecule has 406 valence electrons. The molecule has 8 aromatic carbocycles. The Morgan fingerprint density at radius 3 is 1.73 bits per heavy atom. The maximum Gasteiger partial charge on any atom is 0.238 e. The quantitative estimate of drug-likeness (QED) is 0.150. The maximum absolute atomic E-state index is 5.97. The van der Waals surface area contributed by atoms with E-state index in [-0.39, 0.29) is 6.04 Å². The molecule has 0 N–H and O–H groups in total. The Hall–Kier alpha value is -9.74. The van der Waals surface area contributed by atoms with Gasteiger partial charge in [0.1, 0.15) is 17.5 Å². The van der Waals surface area contributed by atoms with E-state index in [9.17, 15) is 0 Å². The summed E-state index contributed by atoms with van der Waals surface area (Å²) in [5.41, 5.74) is 16.1. The number of para-hydroxylation sites is 2. The van der Waals surface area contributed by atoms with Gasteiger partial charge in [0.2, 0.25) is 5.95 Å². The molecule has 4 aromatic heterocycles. The molecule has 0 bridgehead atoms. The third-order valence-corrected chi connectivity index (χ3v) is 19.6. The van der Waals surface area contributed by atoms with E-state index in [1.54, 1.807) is 11.8 Å². The van der Waals surface area contributed by atoms with Crippen LogP contribution in [-0.4, -0.2) is 29.8 Å². The predicted molar refractivity (Wildman–Crippen MR) is 353 cm³/mol. The summed E-state index contributed by atoms with van der Waals surface area (Å²) in [5, 5.41) is 4.41. The highest BCUT2D eigenvalue weighted by atomic mass is 32.2. The summed E-state index contributed by atoms with van der Waals surface area (Å²) in [4.78, 5) is 32.8. The van der Waals surface area contributed by atoms with Gasteiger partial charge in [-0.3, -0.25) is 23.9 Å². The summed E-state index contributed by atoms with van der Waals surface area (Å²) in [5.74, 6) is 3.39. The van der Waals surface area contributed by atoms with E-state index >= 15 is 0 Å². The average Bonchev–Trinajstić information content (AvgIpc) is 1.63. The van der Waals surface area contributed by atoms with Gasteiger partial charge in [-0.15, -0.1) is 0 Å². The van der Waals surface area contributed by atoms with E-state index in [4.69, 9.17) is 19.9 Å². The van der Waals surface area contributed by atoms with Gasteiger partial charge in [0.25, 0.3) is 0 Å². The second kappa shape index (κ2) is 20.3. The van der Waals surface area contributed by atoms with Gasteiger partial charge in [0.15, 0.2) is 0 Å². The first-order valence-corrected chi connectivity index (χ1v) is 31.0. The van der Waals surface area contributed by atoms with Crippen molar-refractivity contribution in [3.63, 3.8) is 0 Å². The molecule has 2 unspecified atom stereocenters. The molecule has 85 heavy (non-hydrogen) atoms. The number of nitrogens with zero attached hydrogens (tertiary/aromatic N) is 8. The molecule has 2 atom stereocenters. The van der Waals surface area contributed by atoms with Crippen LogP contribution in [0.15, 0.2) is 285 Å². The molecule has 0 radical (unpaired) electrons. The lowest BCUT2D eigenvalue weighted by atomic mass is 9.99. The molecule has 10 heteroatoms. The van der Waals surface area contributed by atoms with Gasteiger partial charge in [0.05, 0.1) is 62.3 Å². The number of rotatable bonds is 8. The van der Waals surface area contributed by atoms with Gasteiger partial charge in [-0.1, -0.05) is 194 Å².